The fourth-order valence-corrected chi connectivity index (χ4v) is 3.47. The van der Waals surface area contributed by atoms with Gasteiger partial charge in [-0.1, -0.05) is 23.7 Å². The molecule has 1 amide bonds. The van der Waals surface area contributed by atoms with E-state index in [0.29, 0.717) is 21.8 Å². The molecular formula is C19H17ClN2O4. The lowest BCUT2D eigenvalue weighted by Gasteiger charge is -2.27. The molecule has 0 saturated carbocycles. The number of carbonyl (C=O) groups excluding carboxylic acids is 3. The molecule has 2 heterocycles. The minimum Gasteiger partial charge on any atom is -0.316 e. The van der Waals surface area contributed by atoms with E-state index in [9.17, 15) is 19.2 Å². The van der Waals surface area contributed by atoms with E-state index in [1.54, 1.807) is 44.3 Å². The van der Waals surface area contributed by atoms with Gasteiger partial charge in [0, 0.05) is 23.8 Å². The molecule has 1 fully saturated rings. The highest BCUT2D eigenvalue weighted by atomic mass is 35.5. The number of pyridine rings is 1. The summed E-state index contributed by atoms with van der Waals surface area (Å²) in [6, 6.07) is 7.45. The van der Waals surface area contributed by atoms with Gasteiger partial charge in [0.2, 0.25) is 5.78 Å². The maximum atomic E-state index is 12.7. The van der Waals surface area contributed by atoms with Crippen molar-refractivity contribution in [2.75, 3.05) is 4.90 Å². The van der Waals surface area contributed by atoms with Crippen molar-refractivity contribution >= 4 is 34.8 Å². The minimum absolute atomic E-state index is 0.196. The number of aryl methyl sites for hydroxylation is 2. The summed E-state index contributed by atoms with van der Waals surface area (Å²) in [4.78, 5) is 50.6. The Morgan fingerprint density at radius 3 is 2.27 bits per heavy atom. The number of benzene rings is 1. The molecule has 2 aromatic rings. The fourth-order valence-electron chi connectivity index (χ4n) is 3.34. The standard InChI is InChI=1S/C19H17ClN2O4/c1-10-8-14(9-21(3)18(10)25)22-16(12-4-6-13(20)7-5-12)15(11(2)23)17(24)19(22)26/h4-9,15-16H,1-3H3. The number of aromatic nitrogens is 1. The predicted molar refractivity (Wildman–Crippen MR) is 97.3 cm³/mol. The number of carbonyl (C=O) groups is 3. The highest BCUT2D eigenvalue weighted by Gasteiger charge is 2.51. The van der Waals surface area contributed by atoms with E-state index in [1.165, 1.54) is 22.6 Å². The Morgan fingerprint density at radius 2 is 1.73 bits per heavy atom. The van der Waals surface area contributed by atoms with Crippen LogP contribution in [0.15, 0.2) is 41.3 Å². The van der Waals surface area contributed by atoms with Crippen molar-refractivity contribution < 1.29 is 14.4 Å². The van der Waals surface area contributed by atoms with E-state index in [4.69, 9.17) is 11.6 Å². The van der Waals surface area contributed by atoms with Crippen molar-refractivity contribution in [1.82, 2.24) is 4.57 Å². The summed E-state index contributed by atoms with van der Waals surface area (Å²) < 4.78 is 1.35. The molecule has 7 heteroatoms. The molecule has 1 aromatic heterocycles. The average Bonchev–Trinajstić information content (AvgIpc) is 2.84. The van der Waals surface area contributed by atoms with Crippen LogP contribution in [0.1, 0.15) is 24.1 Å². The second-order valence-electron chi connectivity index (χ2n) is 6.42. The van der Waals surface area contributed by atoms with Crippen LogP contribution >= 0.6 is 11.6 Å². The van der Waals surface area contributed by atoms with Gasteiger partial charge in [-0.3, -0.25) is 24.1 Å². The highest BCUT2D eigenvalue weighted by molar-refractivity contribution is 6.48. The summed E-state index contributed by atoms with van der Waals surface area (Å²) in [6.07, 6.45) is 1.49. The van der Waals surface area contributed by atoms with Crippen LogP contribution in [0.4, 0.5) is 5.69 Å². The third-order valence-corrected chi connectivity index (χ3v) is 4.83. The maximum Gasteiger partial charge on any atom is 0.295 e. The van der Waals surface area contributed by atoms with Crippen LogP contribution in [0.25, 0.3) is 0 Å². The number of hydrogen-bond acceptors (Lipinski definition) is 4. The lowest BCUT2D eigenvalue weighted by Crippen LogP contribution is -2.32. The monoisotopic (exact) mass is 372 g/mol. The third-order valence-electron chi connectivity index (χ3n) is 4.58. The first kappa shape index (κ1) is 18.1. The number of amides is 1. The van der Waals surface area contributed by atoms with Crippen molar-refractivity contribution in [3.05, 3.63) is 63.0 Å². The number of anilines is 1. The summed E-state index contributed by atoms with van der Waals surface area (Å²) in [5, 5.41) is 0.508. The molecule has 0 N–H and O–H groups in total. The number of nitrogens with zero attached hydrogens (tertiary/aromatic N) is 2. The summed E-state index contributed by atoms with van der Waals surface area (Å²) in [7, 11) is 1.57. The Balaban J connectivity index is 2.22. The zero-order chi connectivity index (χ0) is 19.2. The van der Waals surface area contributed by atoms with Gasteiger partial charge < -0.3 is 4.57 Å². The van der Waals surface area contributed by atoms with E-state index in [2.05, 4.69) is 0 Å². The van der Waals surface area contributed by atoms with Crippen molar-refractivity contribution in [1.29, 1.82) is 0 Å². The van der Waals surface area contributed by atoms with Gasteiger partial charge in [-0.15, -0.1) is 0 Å². The van der Waals surface area contributed by atoms with Crippen LogP contribution in [-0.2, 0) is 21.4 Å². The van der Waals surface area contributed by atoms with Gasteiger partial charge in [0.15, 0.2) is 0 Å². The Kier molecular flexibility index (Phi) is 4.54. The van der Waals surface area contributed by atoms with Crippen LogP contribution in [0.5, 0.6) is 0 Å². The first-order valence-electron chi connectivity index (χ1n) is 8.03. The molecule has 6 nitrogen and oxygen atoms in total. The number of halogens is 1. The summed E-state index contributed by atoms with van der Waals surface area (Å²) in [6.45, 7) is 2.93. The Bertz CT molecular complexity index is 952. The number of hydrogen-bond donors (Lipinski definition) is 0. The van der Waals surface area contributed by atoms with Gasteiger partial charge in [-0.05, 0) is 37.6 Å². The van der Waals surface area contributed by atoms with Gasteiger partial charge in [0.25, 0.3) is 11.5 Å². The summed E-state index contributed by atoms with van der Waals surface area (Å²) in [5.41, 5.74) is 1.26. The topological polar surface area (TPSA) is 76.5 Å². The SMILES string of the molecule is CC(=O)C1C(=O)C(=O)N(c2cc(C)c(=O)n(C)c2)C1c1ccc(Cl)cc1. The first-order valence-corrected chi connectivity index (χ1v) is 8.40. The second kappa shape index (κ2) is 6.53. The number of rotatable bonds is 3. The van der Waals surface area contributed by atoms with Crippen molar-refractivity contribution in [3.8, 4) is 0 Å². The Labute approximate surface area is 155 Å². The van der Waals surface area contributed by atoms with E-state index >= 15 is 0 Å². The van der Waals surface area contributed by atoms with Crippen LogP contribution < -0.4 is 10.5 Å². The van der Waals surface area contributed by atoms with Gasteiger partial charge in [0.1, 0.15) is 11.7 Å². The van der Waals surface area contributed by atoms with Crippen molar-refractivity contribution in [2.45, 2.75) is 19.9 Å². The normalized spacial score (nSPS) is 19.9. The number of ketones is 2. The fraction of sp³-hybridized carbons (Fsp3) is 0.263. The zero-order valence-corrected chi connectivity index (χ0v) is 15.3. The van der Waals surface area contributed by atoms with Crippen LogP contribution in [0.3, 0.4) is 0 Å². The molecule has 0 aliphatic carbocycles. The van der Waals surface area contributed by atoms with E-state index in [-0.39, 0.29) is 11.3 Å². The van der Waals surface area contributed by atoms with Crippen LogP contribution in [0, 0.1) is 12.8 Å². The van der Waals surface area contributed by atoms with Crippen molar-refractivity contribution in [2.24, 2.45) is 13.0 Å². The lowest BCUT2D eigenvalue weighted by molar-refractivity contribution is -0.138. The Hall–Kier alpha value is -2.73. The third kappa shape index (κ3) is 2.86. The van der Waals surface area contributed by atoms with Gasteiger partial charge in [-0.25, -0.2) is 0 Å². The molecular weight excluding hydrogens is 356 g/mol. The van der Waals surface area contributed by atoms with Gasteiger partial charge >= 0.3 is 0 Å². The molecule has 1 aromatic carbocycles. The molecule has 2 atom stereocenters. The molecule has 3 rings (SSSR count). The molecule has 0 spiro atoms. The molecule has 1 aliphatic heterocycles. The van der Waals surface area contributed by atoms with Crippen LogP contribution in [-0.4, -0.2) is 22.0 Å². The zero-order valence-electron chi connectivity index (χ0n) is 14.5. The van der Waals surface area contributed by atoms with Crippen molar-refractivity contribution in [3.63, 3.8) is 0 Å². The summed E-state index contributed by atoms with van der Waals surface area (Å²) >= 11 is 5.93. The van der Waals surface area contributed by atoms with Gasteiger partial charge in [0.05, 0.1) is 11.7 Å². The molecule has 2 unspecified atom stereocenters. The molecule has 26 heavy (non-hydrogen) atoms. The molecule has 1 aliphatic rings. The van der Waals surface area contributed by atoms with E-state index < -0.39 is 23.7 Å². The maximum absolute atomic E-state index is 12.7. The molecule has 0 bridgehead atoms. The van der Waals surface area contributed by atoms with E-state index in [1.807, 2.05) is 0 Å². The highest BCUT2D eigenvalue weighted by Crippen LogP contribution is 2.40. The molecule has 1 saturated heterocycles. The largest absolute Gasteiger partial charge is 0.316 e. The lowest BCUT2D eigenvalue weighted by atomic mass is 9.90. The van der Waals surface area contributed by atoms with E-state index in [0.717, 1.165) is 0 Å². The van der Waals surface area contributed by atoms with Crippen LogP contribution in [0.2, 0.25) is 5.02 Å². The molecule has 134 valence electrons. The first-order chi connectivity index (χ1) is 12.2. The van der Waals surface area contributed by atoms with Gasteiger partial charge in [-0.2, -0.15) is 0 Å². The second-order valence-corrected chi connectivity index (χ2v) is 6.86. The smallest absolute Gasteiger partial charge is 0.295 e. The average molecular weight is 373 g/mol. The quantitative estimate of drug-likeness (QED) is 0.611. The predicted octanol–water partition coefficient (Wildman–Crippen LogP) is 2.21. The Morgan fingerprint density at radius 1 is 1.12 bits per heavy atom. The molecule has 0 radical (unpaired) electrons. The number of Topliss-reactive ketones (excluding diaryl/α,β-unsaturated/α-hetero) is 2. The summed E-state index contributed by atoms with van der Waals surface area (Å²) in [5.74, 6) is -2.99. The minimum atomic E-state index is -1.10.